The molecule has 1 N–H and O–H groups in total. The first-order valence-electron chi connectivity index (χ1n) is 7.14. The van der Waals surface area contributed by atoms with Crippen molar-refractivity contribution in [2.75, 3.05) is 6.54 Å². The molecule has 0 amide bonds. The fraction of sp³-hybridized carbons (Fsp3) is 0.733. The average molecular weight is 247 g/mol. The van der Waals surface area contributed by atoms with Crippen LogP contribution in [0, 0.1) is 5.41 Å². The zero-order chi connectivity index (χ0) is 13.2. The van der Waals surface area contributed by atoms with Crippen molar-refractivity contribution >= 4 is 0 Å². The topological polar surface area (TPSA) is 37.8 Å². The monoisotopic (exact) mass is 247 g/mol. The summed E-state index contributed by atoms with van der Waals surface area (Å²) in [7, 11) is 0. The normalized spacial score (nSPS) is 21.7. The van der Waals surface area contributed by atoms with Crippen molar-refractivity contribution in [1.29, 1.82) is 0 Å². The zero-order valence-corrected chi connectivity index (χ0v) is 12.1. The van der Waals surface area contributed by atoms with Crippen LogP contribution in [0.4, 0.5) is 0 Å². The van der Waals surface area contributed by atoms with Crippen molar-refractivity contribution in [3.05, 3.63) is 23.3 Å². The fourth-order valence-corrected chi connectivity index (χ4v) is 2.76. The maximum atomic E-state index is 4.73. The van der Waals surface area contributed by atoms with E-state index in [-0.39, 0.29) is 0 Å². The van der Waals surface area contributed by atoms with E-state index < -0.39 is 0 Å². The molecular formula is C15H25N3. The molecule has 0 fully saturated rings. The summed E-state index contributed by atoms with van der Waals surface area (Å²) in [5.74, 6) is 0.973. The number of aromatic nitrogens is 2. The summed E-state index contributed by atoms with van der Waals surface area (Å²) in [6, 6.07) is 0.426. The molecule has 3 heteroatoms. The van der Waals surface area contributed by atoms with Crippen LogP contribution in [0.15, 0.2) is 6.20 Å². The van der Waals surface area contributed by atoms with Crippen LogP contribution in [-0.2, 0) is 12.8 Å². The van der Waals surface area contributed by atoms with Crippen LogP contribution >= 0.6 is 0 Å². The Bertz CT molecular complexity index is 412. The molecule has 0 saturated heterocycles. The number of aryl methyl sites for hydroxylation is 1. The summed E-state index contributed by atoms with van der Waals surface area (Å²) >= 11 is 0. The van der Waals surface area contributed by atoms with Gasteiger partial charge in [0.2, 0.25) is 0 Å². The molecule has 1 atom stereocenters. The van der Waals surface area contributed by atoms with Gasteiger partial charge in [-0.15, -0.1) is 0 Å². The van der Waals surface area contributed by atoms with Gasteiger partial charge in [-0.25, -0.2) is 9.97 Å². The molecule has 1 aromatic rings. The minimum atomic E-state index is 0.331. The van der Waals surface area contributed by atoms with E-state index in [4.69, 9.17) is 4.98 Å². The molecule has 1 heterocycles. The second kappa shape index (κ2) is 5.35. The lowest BCUT2D eigenvalue weighted by Crippen LogP contribution is -2.34. The van der Waals surface area contributed by atoms with Gasteiger partial charge in [0.15, 0.2) is 0 Å². The van der Waals surface area contributed by atoms with Gasteiger partial charge in [0.25, 0.3) is 0 Å². The number of nitrogens with zero attached hydrogens (tertiary/aromatic N) is 2. The summed E-state index contributed by atoms with van der Waals surface area (Å²) in [6.45, 7) is 10.1. The molecule has 0 spiro atoms. The Balaban J connectivity index is 2.30. The van der Waals surface area contributed by atoms with E-state index in [1.165, 1.54) is 24.1 Å². The van der Waals surface area contributed by atoms with Gasteiger partial charge < -0.3 is 5.32 Å². The van der Waals surface area contributed by atoms with Crippen LogP contribution in [0.2, 0.25) is 0 Å². The molecular weight excluding hydrogens is 222 g/mol. The maximum Gasteiger partial charge on any atom is 0.128 e. The van der Waals surface area contributed by atoms with E-state index in [1.807, 2.05) is 6.20 Å². The quantitative estimate of drug-likeness (QED) is 0.888. The first-order valence-corrected chi connectivity index (χ1v) is 7.14. The van der Waals surface area contributed by atoms with Crippen molar-refractivity contribution in [3.63, 3.8) is 0 Å². The smallest absolute Gasteiger partial charge is 0.128 e. The molecule has 100 valence electrons. The maximum absolute atomic E-state index is 4.73. The first-order chi connectivity index (χ1) is 8.55. The largest absolute Gasteiger partial charge is 0.310 e. The Hall–Kier alpha value is -0.960. The van der Waals surface area contributed by atoms with Gasteiger partial charge >= 0.3 is 0 Å². The van der Waals surface area contributed by atoms with Crippen LogP contribution in [0.25, 0.3) is 0 Å². The lowest BCUT2D eigenvalue weighted by molar-refractivity contribution is 0.253. The third-order valence-electron chi connectivity index (χ3n) is 3.68. The summed E-state index contributed by atoms with van der Waals surface area (Å²) in [5, 5.41) is 3.64. The van der Waals surface area contributed by atoms with Gasteiger partial charge in [-0.05, 0) is 31.2 Å². The lowest BCUT2D eigenvalue weighted by atomic mass is 9.74. The van der Waals surface area contributed by atoms with Crippen LogP contribution in [-0.4, -0.2) is 16.5 Å². The molecule has 1 unspecified atom stereocenters. The van der Waals surface area contributed by atoms with Crippen LogP contribution in [0.3, 0.4) is 0 Å². The van der Waals surface area contributed by atoms with Crippen LogP contribution in [0.5, 0.6) is 0 Å². The second-order valence-corrected chi connectivity index (χ2v) is 6.09. The summed E-state index contributed by atoms with van der Waals surface area (Å²) < 4.78 is 0. The standard InChI is InChI=1S/C15H25N3/c1-5-7-16-12-8-15(3,4)9-13-11(12)10-17-14(6-2)18-13/h10,12,16H,5-9H2,1-4H3. The third-order valence-corrected chi connectivity index (χ3v) is 3.68. The number of fused-ring (bicyclic) bond motifs is 1. The Morgan fingerprint density at radius 2 is 2.17 bits per heavy atom. The first kappa shape index (κ1) is 13.5. The van der Waals surface area contributed by atoms with Crippen molar-refractivity contribution in [3.8, 4) is 0 Å². The molecule has 1 aliphatic rings. The molecule has 1 aliphatic carbocycles. The summed E-state index contributed by atoms with van der Waals surface area (Å²) in [4.78, 5) is 9.20. The summed E-state index contributed by atoms with van der Waals surface area (Å²) in [5.41, 5.74) is 2.91. The molecule has 3 nitrogen and oxygen atoms in total. The van der Waals surface area contributed by atoms with E-state index >= 15 is 0 Å². The van der Waals surface area contributed by atoms with Gasteiger partial charge in [0.1, 0.15) is 5.82 Å². The van der Waals surface area contributed by atoms with Gasteiger partial charge in [0, 0.05) is 29.9 Å². The minimum Gasteiger partial charge on any atom is -0.310 e. The highest BCUT2D eigenvalue weighted by Gasteiger charge is 2.33. The SMILES string of the molecule is CCCNC1CC(C)(C)Cc2nc(CC)ncc21. The Labute approximate surface area is 110 Å². The van der Waals surface area contributed by atoms with Crippen LogP contribution in [0.1, 0.15) is 63.7 Å². The molecule has 0 aromatic carbocycles. The van der Waals surface area contributed by atoms with Crippen molar-refractivity contribution in [1.82, 2.24) is 15.3 Å². The number of hydrogen-bond donors (Lipinski definition) is 1. The van der Waals surface area contributed by atoms with Crippen molar-refractivity contribution < 1.29 is 0 Å². The van der Waals surface area contributed by atoms with E-state index in [2.05, 4.69) is 38.0 Å². The highest BCUT2D eigenvalue weighted by atomic mass is 15.0. The fourth-order valence-electron chi connectivity index (χ4n) is 2.76. The third kappa shape index (κ3) is 2.89. The van der Waals surface area contributed by atoms with Crippen LogP contribution < -0.4 is 5.32 Å². The molecule has 0 radical (unpaired) electrons. The highest BCUT2D eigenvalue weighted by molar-refractivity contribution is 5.26. The van der Waals surface area contributed by atoms with E-state index in [0.717, 1.165) is 25.2 Å². The highest BCUT2D eigenvalue weighted by Crippen LogP contribution is 2.39. The number of hydrogen-bond acceptors (Lipinski definition) is 3. The average Bonchev–Trinajstić information content (AvgIpc) is 2.33. The predicted molar refractivity (Wildman–Crippen MR) is 74.5 cm³/mol. The molecule has 18 heavy (non-hydrogen) atoms. The molecule has 0 saturated carbocycles. The number of rotatable bonds is 4. The van der Waals surface area contributed by atoms with E-state index in [1.54, 1.807) is 0 Å². The molecule has 0 bridgehead atoms. The number of nitrogens with one attached hydrogen (secondary N) is 1. The Morgan fingerprint density at radius 1 is 1.39 bits per heavy atom. The van der Waals surface area contributed by atoms with Gasteiger partial charge in [-0.3, -0.25) is 0 Å². The van der Waals surface area contributed by atoms with Crippen molar-refractivity contribution in [2.24, 2.45) is 5.41 Å². The molecule has 0 aliphatic heterocycles. The lowest BCUT2D eigenvalue weighted by Gasteiger charge is -2.36. The summed E-state index contributed by atoms with van der Waals surface area (Å²) in [6.07, 6.45) is 6.38. The van der Waals surface area contributed by atoms with Gasteiger partial charge in [-0.1, -0.05) is 27.7 Å². The van der Waals surface area contributed by atoms with Gasteiger partial charge in [0.05, 0.1) is 0 Å². The van der Waals surface area contributed by atoms with Crippen molar-refractivity contribution in [2.45, 2.75) is 59.4 Å². The van der Waals surface area contributed by atoms with E-state index in [0.29, 0.717) is 11.5 Å². The Morgan fingerprint density at radius 3 is 2.83 bits per heavy atom. The molecule has 2 rings (SSSR count). The Kier molecular flexibility index (Phi) is 4.00. The van der Waals surface area contributed by atoms with Gasteiger partial charge in [-0.2, -0.15) is 0 Å². The zero-order valence-electron chi connectivity index (χ0n) is 12.1. The predicted octanol–water partition coefficient (Wildman–Crippen LogP) is 3.05. The minimum absolute atomic E-state index is 0.331. The molecule has 1 aromatic heterocycles. The second-order valence-electron chi connectivity index (χ2n) is 6.09. The van der Waals surface area contributed by atoms with E-state index in [9.17, 15) is 0 Å².